The van der Waals surface area contributed by atoms with E-state index >= 15 is 0 Å². The van der Waals surface area contributed by atoms with Gasteiger partial charge in [0.25, 0.3) is 5.69 Å². The second-order valence-electron chi connectivity index (χ2n) is 10.6. The molecule has 3 aromatic rings. The molecule has 1 aromatic heterocycles. The standard InChI is InChI=1S/C35H48ClN2O2/c1-3-5-6-7-8-9-10-11-12-13-14-20-27-40-34-25-24-30(28-32(34)36)29-38(31-21-16-15-17-22-31)35(39)33-23-18-19-26-37(33)4-2/h15-19,21-26,28H,3-14,20,27,29H2,1-2H3/q+1. The molecule has 0 fully saturated rings. The molecule has 3 rings (SSSR count). The predicted molar refractivity (Wildman–Crippen MR) is 167 cm³/mol. The van der Waals surface area contributed by atoms with Crippen LogP contribution in [0.15, 0.2) is 72.9 Å². The van der Waals surface area contributed by atoms with Crippen molar-refractivity contribution < 1.29 is 14.1 Å². The van der Waals surface area contributed by atoms with Crippen molar-refractivity contribution in [3.8, 4) is 5.75 Å². The van der Waals surface area contributed by atoms with Crippen LogP contribution in [0.5, 0.6) is 5.75 Å². The molecule has 0 atom stereocenters. The third-order valence-corrected chi connectivity index (χ3v) is 7.70. The summed E-state index contributed by atoms with van der Waals surface area (Å²) < 4.78 is 7.97. The molecule has 0 saturated heterocycles. The highest BCUT2D eigenvalue weighted by molar-refractivity contribution is 6.32. The van der Waals surface area contributed by atoms with Crippen molar-refractivity contribution in [2.24, 2.45) is 0 Å². The van der Waals surface area contributed by atoms with E-state index in [4.69, 9.17) is 16.3 Å². The second-order valence-corrected chi connectivity index (χ2v) is 11.0. The van der Waals surface area contributed by atoms with Crippen LogP contribution in [0.4, 0.5) is 5.69 Å². The summed E-state index contributed by atoms with van der Waals surface area (Å²) in [5, 5.41) is 0.584. The lowest BCUT2D eigenvalue weighted by molar-refractivity contribution is -0.695. The molecule has 4 nitrogen and oxygen atoms in total. The van der Waals surface area contributed by atoms with E-state index in [-0.39, 0.29) is 5.91 Å². The number of carbonyl (C=O) groups excluding carboxylic acids is 1. The summed E-state index contributed by atoms with van der Waals surface area (Å²) in [4.78, 5) is 15.5. The normalized spacial score (nSPS) is 11.0. The molecular formula is C35H48ClN2O2+. The first-order valence-corrected chi connectivity index (χ1v) is 15.8. The van der Waals surface area contributed by atoms with Gasteiger partial charge >= 0.3 is 5.91 Å². The summed E-state index contributed by atoms with van der Waals surface area (Å²) in [6, 6.07) is 21.4. The fourth-order valence-electron chi connectivity index (χ4n) is 5.04. The fourth-order valence-corrected chi connectivity index (χ4v) is 5.30. The molecule has 0 saturated carbocycles. The Morgan fingerprint density at radius 1 is 0.775 bits per heavy atom. The lowest BCUT2D eigenvalue weighted by atomic mass is 10.1. The molecule has 0 radical (unpaired) electrons. The number of para-hydroxylation sites is 1. The molecule has 0 spiro atoms. The Kier molecular flexibility index (Phi) is 14.6. The van der Waals surface area contributed by atoms with Gasteiger partial charge in [-0.1, -0.05) is 113 Å². The monoisotopic (exact) mass is 563 g/mol. The number of unbranched alkanes of at least 4 members (excludes halogenated alkanes) is 11. The van der Waals surface area contributed by atoms with E-state index in [2.05, 4.69) is 6.92 Å². The van der Waals surface area contributed by atoms with E-state index in [1.807, 2.05) is 84.4 Å². The lowest BCUT2D eigenvalue weighted by Gasteiger charge is -2.22. The Bertz CT molecular complexity index is 1140. The van der Waals surface area contributed by atoms with Crippen LogP contribution >= 0.6 is 11.6 Å². The van der Waals surface area contributed by atoms with Gasteiger partial charge in [-0.2, -0.15) is 4.57 Å². The zero-order valence-electron chi connectivity index (χ0n) is 24.6. The number of halogens is 1. The number of carbonyl (C=O) groups is 1. The number of aromatic nitrogens is 1. The van der Waals surface area contributed by atoms with E-state index in [0.29, 0.717) is 29.6 Å². The van der Waals surface area contributed by atoms with Gasteiger partial charge in [-0.15, -0.1) is 0 Å². The molecule has 0 unspecified atom stereocenters. The molecule has 0 aliphatic carbocycles. The molecule has 40 heavy (non-hydrogen) atoms. The minimum atomic E-state index is -0.0444. The van der Waals surface area contributed by atoms with Gasteiger partial charge in [-0.05, 0) is 49.2 Å². The Morgan fingerprint density at radius 3 is 2.02 bits per heavy atom. The first-order valence-electron chi connectivity index (χ1n) is 15.4. The number of benzene rings is 2. The van der Waals surface area contributed by atoms with Gasteiger partial charge < -0.3 is 4.74 Å². The number of hydrogen-bond donors (Lipinski definition) is 0. The van der Waals surface area contributed by atoms with Gasteiger partial charge in [-0.25, -0.2) is 0 Å². The van der Waals surface area contributed by atoms with E-state index in [9.17, 15) is 4.79 Å². The number of rotatable bonds is 19. The largest absolute Gasteiger partial charge is 0.492 e. The Hall–Kier alpha value is -2.85. The van der Waals surface area contributed by atoms with Crippen LogP contribution in [0.2, 0.25) is 5.02 Å². The van der Waals surface area contributed by atoms with Gasteiger partial charge in [0.05, 0.1) is 18.2 Å². The molecule has 216 valence electrons. The second kappa shape index (κ2) is 18.5. The summed E-state index contributed by atoms with van der Waals surface area (Å²) in [6.45, 7) is 6.13. The average molecular weight is 564 g/mol. The highest BCUT2D eigenvalue weighted by atomic mass is 35.5. The van der Waals surface area contributed by atoms with Crippen LogP contribution in [0.3, 0.4) is 0 Å². The third-order valence-electron chi connectivity index (χ3n) is 7.41. The third kappa shape index (κ3) is 10.6. The Labute approximate surface area is 247 Å². The molecule has 2 aromatic carbocycles. The van der Waals surface area contributed by atoms with Crippen molar-refractivity contribution in [3.63, 3.8) is 0 Å². The van der Waals surface area contributed by atoms with Crippen LogP contribution in [0.25, 0.3) is 0 Å². The topological polar surface area (TPSA) is 33.4 Å². The maximum atomic E-state index is 13.7. The smallest absolute Gasteiger partial charge is 0.323 e. The maximum absolute atomic E-state index is 13.7. The van der Waals surface area contributed by atoms with Crippen molar-refractivity contribution in [2.75, 3.05) is 11.5 Å². The quantitative estimate of drug-likeness (QED) is 0.107. The number of aryl methyl sites for hydroxylation is 1. The number of hydrogen-bond acceptors (Lipinski definition) is 2. The number of nitrogens with zero attached hydrogens (tertiary/aromatic N) is 2. The molecule has 1 amide bonds. The van der Waals surface area contributed by atoms with Crippen molar-refractivity contribution in [2.45, 2.75) is 104 Å². The van der Waals surface area contributed by atoms with Crippen LogP contribution in [0, 0.1) is 0 Å². The van der Waals surface area contributed by atoms with Crippen LogP contribution < -0.4 is 14.2 Å². The van der Waals surface area contributed by atoms with Gasteiger partial charge in [0.1, 0.15) is 12.3 Å². The zero-order valence-corrected chi connectivity index (χ0v) is 25.4. The number of anilines is 1. The minimum Gasteiger partial charge on any atom is -0.492 e. The number of amides is 1. The van der Waals surface area contributed by atoms with Gasteiger partial charge in [0, 0.05) is 17.8 Å². The summed E-state index contributed by atoms with van der Waals surface area (Å²) in [5.74, 6) is 0.662. The molecule has 0 bridgehead atoms. The van der Waals surface area contributed by atoms with Crippen molar-refractivity contribution in [1.29, 1.82) is 0 Å². The van der Waals surface area contributed by atoms with Crippen LogP contribution in [-0.4, -0.2) is 12.5 Å². The summed E-state index contributed by atoms with van der Waals surface area (Å²) in [5.41, 5.74) is 2.46. The summed E-state index contributed by atoms with van der Waals surface area (Å²) in [6.07, 6.45) is 17.8. The first kappa shape index (κ1) is 31.7. The molecule has 0 N–H and O–H groups in total. The molecule has 0 aliphatic rings. The molecule has 1 heterocycles. The van der Waals surface area contributed by atoms with Gasteiger partial charge in [0.2, 0.25) is 0 Å². The highest BCUT2D eigenvalue weighted by Gasteiger charge is 2.25. The van der Waals surface area contributed by atoms with E-state index in [0.717, 1.165) is 24.2 Å². The first-order chi connectivity index (χ1) is 19.6. The van der Waals surface area contributed by atoms with Crippen LogP contribution in [0.1, 0.15) is 107 Å². The Morgan fingerprint density at radius 2 is 1.40 bits per heavy atom. The number of ether oxygens (including phenoxy) is 1. The van der Waals surface area contributed by atoms with Gasteiger partial charge in [-0.3, -0.25) is 9.69 Å². The van der Waals surface area contributed by atoms with Crippen molar-refractivity contribution in [1.82, 2.24) is 0 Å². The maximum Gasteiger partial charge on any atom is 0.323 e. The van der Waals surface area contributed by atoms with Crippen molar-refractivity contribution >= 4 is 23.2 Å². The lowest BCUT2D eigenvalue weighted by Crippen LogP contribution is -2.44. The minimum absolute atomic E-state index is 0.0444. The summed E-state index contributed by atoms with van der Waals surface area (Å²) in [7, 11) is 0. The van der Waals surface area contributed by atoms with E-state index < -0.39 is 0 Å². The van der Waals surface area contributed by atoms with E-state index in [1.54, 1.807) is 4.90 Å². The van der Waals surface area contributed by atoms with Crippen molar-refractivity contribution in [3.05, 3.63) is 89.2 Å². The zero-order chi connectivity index (χ0) is 28.4. The number of pyridine rings is 1. The highest BCUT2D eigenvalue weighted by Crippen LogP contribution is 2.28. The fraction of sp³-hybridized carbons (Fsp3) is 0.486. The molecular weight excluding hydrogens is 516 g/mol. The molecule has 5 heteroatoms. The average Bonchev–Trinajstić information content (AvgIpc) is 2.99. The predicted octanol–water partition coefficient (Wildman–Crippen LogP) is 9.57. The summed E-state index contributed by atoms with van der Waals surface area (Å²) >= 11 is 6.62. The Balaban J connectivity index is 1.46. The van der Waals surface area contributed by atoms with Crippen LogP contribution in [-0.2, 0) is 13.1 Å². The van der Waals surface area contributed by atoms with Gasteiger partial charge in [0.15, 0.2) is 6.20 Å². The van der Waals surface area contributed by atoms with E-state index in [1.165, 1.54) is 70.6 Å². The molecule has 0 aliphatic heterocycles. The SMILES string of the molecule is CCCCCCCCCCCCCCOc1ccc(CN(C(=O)c2cccc[n+]2CC)c2ccccc2)cc1Cl.